The molecular formula is C24H30N4O4. The van der Waals surface area contributed by atoms with E-state index in [4.69, 9.17) is 19.4 Å². The SMILES string of the molecule is COc1ccc(CC(=O)N2CCC[C@@H](c3nc(C)c4c(n3)N(C)C(=O)CC4)C2)cc1OC. The molecule has 0 unspecified atom stereocenters. The molecule has 0 spiro atoms. The lowest BCUT2D eigenvalue weighted by Crippen LogP contribution is -2.40. The summed E-state index contributed by atoms with van der Waals surface area (Å²) in [6.45, 7) is 3.30. The predicted molar refractivity (Wildman–Crippen MR) is 120 cm³/mol. The summed E-state index contributed by atoms with van der Waals surface area (Å²) in [6, 6.07) is 5.56. The van der Waals surface area contributed by atoms with Crippen LogP contribution in [-0.4, -0.2) is 61.0 Å². The molecule has 0 radical (unpaired) electrons. The van der Waals surface area contributed by atoms with Crippen molar-refractivity contribution in [2.45, 2.75) is 44.9 Å². The Morgan fingerprint density at radius 3 is 2.69 bits per heavy atom. The fraction of sp³-hybridized carbons (Fsp3) is 0.500. The van der Waals surface area contributed by atoms with Crippen molar-refractivity contribution in [3.8, 4) is 11.5 Å². The van der Waals surface area contributed by atoms with E-state index in [1.54, 1.807) is 26.2 Å². The lowest BCUT2D eigenvalue weighted by Gasteiger charge is -2.33. The maximum absolute atomic E-state index is 13.1. The molecule has 1 aromatic carbocycles. The first-order valence-corrected chi connectivity index (χ1v) is 11.0. The van der Waals surface area contributed by atoms with Crippen LogP contribution in [0.1, 0.15) is 47.8 Å². The second-order valence-electron chi connectivity index (χ2n) is 8.47. The van der Waals surface area contributed by atoms with Gasteiger partial charge in [0.05, 0.1) is 20.6 Å². The van der Waals surface area contributed by atoms with Crippen LogP contribution in [0.2, 0.25) is 0 Å². The quantitative estimate of drug-likeness (QED) is 0.714. The van der Waals surface area contributed by atoms with Gasteiger partial charge in [0.25, 0.3) is 0 Å². The van der Waals surface area contributed by atoms with E-state index in [0.29, 0.717) is 37.3 Å². The van der Waals surface area contributed by atoms with E-state index in [0.717, 1.165) is 47.8 Å². The van der Waals surface area contributed by atoms with Gasteiger partial charge in [-0.05, 0) is 43.9 Å². The van der Waals surface area contributed by atoms with Gasteiger partial charge in [0, 0.05) is 43.7 Å². The second kappa shape index (κ2) is 9.14. The first-order valence-electron chi connectivity index (χ1n) is 11.0. The van der Waals surface area contributed by atoms with Gasteiger partial charge in [-0.3, -0.25) is 14.5 Å². The van der Waals surface area contributed by atoms with E-state index in [-0.39, 0.29) is 17.7 Å². The van der Waals surface area contributed by atoms with Crippen LogP contribution < -0.4 is 14.4 Å². The van der Waals surface area contributed by atoms with E-state index in [2.05, 4.69) is 0 Å². The lowest BCUT2D eigenvalue weighted by atomic mass is 9.95. The fourth-order valence-electron chi connectivity index (χ4n) is 4.56. The molecule has 8 heteroatoms. The summed E-state index contributed by atoms with van der Waals surface area (Å²) in [5, 5.41) is 0. The smallest absolute Gasteiger partial charge is 0.228 e. The number of aryl methyl sites for hydroxylation is 1. The number of benzene rings is 1. The van der Waals surface area contributed by atoms with Crippen molar-refractivity contribution in [3.63, 3.8) is 0 Å². The summed E-state index contributed by atoms with van der Waals surface area (Å²) in [5.41, 5.74) is 2.86. The summed E-state index contributed by atoms with van der Waals surface area (Å²) in [7, 11) is 4.95. The highest BCUT2D eigenvalue weighted by Gasteiger charge is 2.30. The van der Waals surface area contributed by atoms with Crippen LogP contribution in [0.15, 0.2) is 18.2 Å². The number of nitrogens with zero attached hydrogens (tertiary/aromatic N) is 4. The summed E-state index contributed by atoms with van der Waals surface area (Å²) < 4.78 is 10.6. The summed E-state index contributed by atoms with van der Waals surface area (Å²) in [6.07, 6.45) is 3.31. The van der Waals surface area contributed by atoms with Gasteiger partial charge in [-0.2, -0.15) is 0 Å². The minimum absolute atomic E-state index is 0.0625. The third kappa shape index (κ3) is 4.26. The topological polar surface area (TPSA) is 84.9 Å². The van der Waals surface area contributed by atoms with Crippen LogP contribution in [0.5, 0.6) is 11.5 Å². The highest BCUT2D eigenvalue weighted by Crippen LogP contribution is 2.32. The van der Waals surface area contributed by atoms with Crippen molar-refractivity contribution in [3.05, 3.63) is 40.8 Å². The molecule has 0 saturated carbocycles. The number of carbonyl (C=O) groups is 2. The molecule has 1 aromatic heterocycles. The van der Waals surface area contributed by atoms with E-state index in [1.807, 2.05) is 30.0 Å². The number of aromatic nitrogens is 2. The molecule has 3 heterocycles. The average Bonchev–Trinajstić information content (AvgIpc) is 2.81. The minimum Gasteiger partial charge on any atom is -0.493 e. The third-order valence-electron chi connectivity index (χ3n) is 6.43. The number of fused-ring (bicyclic) bond motifs is 1. The maximum atomic E-state index is 13.1. The lowest BCUT2D eigenvalue weighted by molar-refractivity contribution is -0.131. The first-order chi connectivity index (χ1) is 15.4. The number of piperidine rings is 1. The van der Waals surface area contributed by atoms with Crippen molar-refractivity contribution in [2.24, 2.45) is 0 Å². The van der Waals surface area contributed by atoms with E-state index in [9.17, 15) is 9.59 Å². The van der Waals surface area contributed by atoms with E-state index < -0.39 is 0 Å². The van der Waals surface area contributed by atoms with Crippen LogP contribution in [0.3, 0.4) is 0 Å². The van der Waals surface area contributed by atoms with Gasteiger partial charge in [-0.1, -0.05) is 6.07 Å². The normalized spacial score (nSPS) is 18.4. The number of hydrogen-bond donors (Lipinski definition) is 0. The Labute approximate surface area is 188 Å². The first kappa shape index (κ1) is 22.0. The Kier molecular flexibility index (Phi) is 6.30. The highest BCUT2D eigenvalue weighted by atomic mass is 16.5. The zero-order valence-corrected chi connectivity index (χ0v) is 19.2. The molecule has 2 aromatic rings. The zero-order chi connectivity index (χ0) is 22.8. The summed E-state index contributed by atoms with van der Waals surface area (Å²) >= 11 is 0. The number of ether oxygens (including phenoxy) is 2. The third-order valence-corrected chi connectivity index (χ3v) is 6.43. The zero-order valence-electron chi connectivity index (χ0n) is 19.2. The number of anilines is 1. The van der Waals surface area contributed by atoms with Crippen molar-refractivity contribution < 1.29 is 19.1 Å². The molecule has 32 heavy (non-hydrogen) atoms. The minimum atomic E-state index is 0.0625. The standard InChI is InChI=1S/C24H30N4O4/c1-15-18-8-10-21(29)27(2)24(18)26-23(25-15)17-6-5-11-28(14-17)22(30)13-16-7-9-19(31-3)20(12-16)32-4/h7,9,12,17H,5-6,8,10-11,13-14H2,1-4H3/t17-/m1/s1. The van der Waals surface area contributed by atoms with Crippen molar-refractivity contribution in [1.29, 1.82) is 0 Å². The Morgan fingerprint density at radius 2 is 1.94 bits per heavy atom. The molecule has 2 aliphatic rings. The monoisotopic (exact) mass is 438 g/mol. The molecule has 2 aliphatic heterocycles. The van der Waals surface area contributed by atoms with Crippen molar-refractivity contribution in [1.82, 2.24) is 14.9 Å². The molecule has 170 valence electrons. The van der Waals surface area contributed by atoms with E-state index in [1.165, 1.54) is 0 Å². The number of amides is 2. The molecule has 1 atom stereocenters. The molecule has 0 aliphatic carbocycles. The summed E-state index contributed by atoms with van der Waals surface area (Å²) in [4.78, 5) is 38.3. The number of carbonyl (C=O) groups excluding carboxylic acids is 2. The Bertz CT molecular complexity index is 1040. The summed E-state index contributed by atoms with van der Waals surface area (Å²) in [5.74, 6) is 2.92. The molecule has 8 nitrogen and oxygen atoms in total. The van der Waals surface area contributed by atoms with Gasteiger partial charge >= 0.3 is 0 Å². The van der Waals surface area contributed by atoms with Gasteiger partial charge in [0.1, 0.15) is 11.6 Å². The molecule has 0 N–H and O–H groups in total. The molecule has 4 rings (SSSR count). The Morgan fingerprint density at radius 1 is 1.16 bits per heavy atom. The number of likely N-dealkylation sites (tertiary alicyclic amines) is 1. The predicted octanol–water partition coefficient (Wildman–Crippen LogP) is 2.66. The second-order valence-corrected chi connectivity index (χ2v) is 8.47. The fourth-order valence-corrected chi connectivity index (χ4v) is 4.56. The number of methoxy groups -OCH3 is 2. The van der Waals surface area contributed by atoms with Crippen LogP contribution in [0, 0.1) is 6.92 Å². The molecule has 1 saturated heterocycles. The van der Waals surface area contributed by atoms with Crippen molar-refractivity contribution in [2.75, 3.05) is 39.3 Å². The molecular weight excluding hydrogens is 408 g/mol. The van der Waals surface area contributed by atoms with Gasteiger partial charge in [0.2, 0.25) is 11.8 Å². The Balaban J connectivity index is 1.50. The maximum Gasteiger partial charge on any atom is 0.228 e. The van der Waals surface area contributed by atoms with Crippen LogP contribution in [0.4, 0.5) is 5.82 Å². The van der Waals surface area contributed by atoms with Crippen LogP contribution in [-0.2, 0) is 22.4 Å². The average molecular weight is 439 g/mol. The van der Waals surface area contributed by atoms with E-state index >= 15 is 0 Å². The Hall–Kier alpha value is -3.16. The molecule has 2 amide bonds. The largest absolute Gasteiger partial charge is 0.493 e. The van der Waals surface area contributed by atoms with Gasteiger partial charge < -0.3 is 14.4 Å². The molecule has 1 fully saturated rings. The van der Waals surface area contributed by atoms with Crippen LogP contribution in [0.25, 0.3) is 0 Å². The number of hydrogen-bond acceptors (Lipinski definition) is 6. The number of rotatable bonds is 5. The molecule has 0 bridgehead atoms. The van der Waals surface area contributed by atoms with Gasteiger partial charge in [0.15, 0.2) is 11.5 Å². The van der Waals surface area contributed by atoms with Crippen molar-refractivity contribution >= 4 is 17.6 Å². The van der Waals surface area contributed by atoms with Crippen LogP contribution >= 0.6 is 0 Å². The van der Waals surface area contributed by atoms with Gasteiger partial charge in [-0.25, -0.2) is 9.97 Å². The highest BCUT2D eigenvalue weighted by molar-refractivity contribution is 5.94. The van der Waals surface area contributed by atoms with Gasteiger partial charge in [-0.15, -0.1) is 0 Å².